The molecule has 0 saturated heterocycles. The first-order chi connectivity index (χ1) is 14.4. The van der Waals surface area contributed by atoms with E-state index < -0.39 is 22.7 Å². The largest absolute Gasteiger partial charge is 0.454 e. The Morgan fingerprint density at radius 2 is 1.97 bits per heavy atom. The van der Waals surface area contributed by atoms with Crippen molar-refractivity contribution in [2.75, 3.05) is 0 Å². The fourth-order valence-corrected chi connectivity index (χ4v) is 2.87. The summed E-state index contributed by atoms with van der Waals surface area (Å²) in [5.41, 5.74) is 1.29. The molecule has 2 heterocycles. The lowest BCUT2D eigenvalue weighted by Crippen LogP contribution is -2.26. The Labute approximate surface area is 167 Å². The molecule has 0 amide bonds. The summed E-state index contributed by atoms with van der Waals surface area (Å²) in [6.45, 7) is 1.22. The van der Waals surface area contributed by atoms with Crippen molar-refractivity contribution in [3.63, 3.8) is 0 Å². The molecule has 0 saturated carbocycles. The lowest BCUT2D eigenvalue weighted by Gasteiger charge is -2.11. The van der Waals surface area contributed by atoms with Crippen molar-refractivity contribution in [1.82, 2.24) is 14.7 Å². The molecule has 0 fully saturated rings. The van der Waals surface area contributed by atoms with E-state index in [9.17, 15) is 19.7 Å². The first-order valence-electron chi connectivity index (χ1n) is 8.78. The average molecular weight is 410 g/mol. The van der Waals surface area contributed by atoms with E-state index in [0.717, 1.165) is 0 Å². The summed E-state index contributed by atoms with van der Waals surface area (Å²) in [5, 5.41) is 14.5. The van der Waals surface area contributed by atoms with Gasteiger partial charge in [0, 0.05) is 17.7 Å². The number of hydrogen-bond acceptors (Lipinski definition) is 9. The number of oxazole rings is 1. The lowest BCUT2D eigenvalue weighted by atomic mass is 10.2. The van der Waals surface area contributed by atoms with Gasteiger partial charge in [-0.3, -0.25) is 14.7 Å². The quantitative estimate of drug-likeness (QED) is 0.266. The number of para-hydroxylation sites is 2. The molecule has 0 bridgehead atoms. The minimum absolute atomic E-state index is 0.0355. The highest BCUT2D eigenvalue weighted by molar-refractivity contribution is 5.79. The third kappa shape index (κ3) is 3.55. The van der Waals surface area contributed by atoms with Crippen LogP contribution < -0.4 is 5.76 Å². The van der Waals surface area contributed by atoms with Crippen LogP contribution in [0.2, 0.25) is 0 Å². The van der Waals surface area contributed by atoms with Crippen LogP contribution in [-0.4, -0.2) is 25.6 Å². The highest BCUT2D eigenvalue weighted by Gasteiger charge is 2.23. The zero-order valence-electron chi connectivity index (χ0n) is 15.5. The number of carbonyl (C=O) groups excluding carboxylic acids is 1. The normalized spacial score (nSPS) is 12.0. The zero-order chi connectivity index (χ0) is 21.3. The van der Waals surface area contributed by atoms with Crippen LogP contribution in [-0.2, 0) is 16.1 Å². The third-order valence-corrected chi connectivity index (χ3v) is 4.39. The molecule has 4 aromatic rings. The van der Waals surface area contributed by atoms with Crippen molar-refractivity contribution in [1.29, 1.82) is 0 Å². The molecule has 0 spiro atoms. The van der Waals surface area contributed by atoms with E-state index in [1.165, 1.54) is 35.8 Å². The summed E-state index contributed by atoms with van der Waals surface area (Å²) < 4.78 is 16.6. The Morgan fingerprint density at radius 3 is 2.70 bits per heavy atom. The summed E-state index contributed by atoms with van der Waals surface area (Å²) in [6.07, 6.45) is 0. The molecule has 11 nitrogen and oxygen atoms in total. The van der Waals surface area contributed by atoms with Crippen LogP contribution in [0.1, 0.15) is 18.9 Å². The zero-order valence-corrected chi connectivity index (χ0v) is 15.5. The molecule has 11 heteroatoms. The summed E-state index contributed by atoms with van der Waals surface area (Å²) in [6, 6.07) is 11.4. The maximum absolute atomic E-state index is 12.4. The number of hydrogen-bond donors (Lipinski definition) is 0. The highest BCUT2D eigenvalue weighted by Crippen LogP contribution is 2.21. The lowest BCUT2D eigenvalue weighted by molar-refractivity contribution is -0.384. The van der Waals surface area contributed by atoms with Gasteiger partial charge in [-0.25, -0.2) is 9.59 Å². The minimum Gasteiger partial charge on any atom is -0.454 e. The maximum atomic E-state index is 12.4. The number of ether oxygens (including phenoxy) is 1. The number of non-ortho nitro benzene ring substituents is 1. The molecule has 0 aliphatic carbocycles. The van der Waals surface area contributed by atoms with E-state index in [-0.39, 0.29) is 24.0 Å². The summed E-state index contributed by atoms with van der Waals surface area (Å²) >= 11 is 0. The number of benzene rings is 2. The van der Waals surface area contributed by atoms with E-state index in [1.54, 1.807) is 24.3 Å². The summed E-state index contributed by atoms with van der Waals surface area (Å²) in [4.78, 5) is 38.8. The SMILES string of the molecule is CC(C(=O)OCc1nc(-c2ccc([N+](=O)[O-])cc2)no1)n1c(=O)oc2ccccc21. The second-order valence-corrected chi connectivity index (χ2v) is 6.31. The van der Waals surface area contributed by atoms with Crippen molar-refractivity contribution >= 4 is 22.8 Å². The molecule has 0 aliphatic rings. The van der Waals surface area contributed by atoms with E-state index in [1.807, 2.05) is 0 Å². The number of fused-ring (bicyclic) bond motifs is 1. The number of aromatic nitrogens is 3. The van der Waals surface area contributed by atoms with Gasteiger partial charge < -0.3 is 13.7 Å². The van der Waals surface area contributed by atoms with Crippen LogP contribution in [0.25, 0.3) is 22.5 Å². The van der Waals surface area contributed by atoms with Gasteiger partial charge in [0.2, 0.25) is 5.82 Å². The Hall–Kier alpha value is -4.28. The number of carbonyl (C=O) groups is 1. The predicted octanol–water partition coefficient (Wildman–Crippen LogP) is 2.86. The van der Waals surface area contributed by atoms with Gasteiger partial charge in [0.05, 0.1) is 10.4 Å². The first-order valence-corrected chi connectivity index (χ1v) is 8.78. The van der Waals surface area contributed by atoms with Gasteiger partial charge in [-0.1, -0.05) is 17.3 Å². The van der Waals surface area contributed by atoms with Crippen molar-refractivity contribution < 1.29 is 23.4 Å². The summed E-state index contributed by atoms with van der Waals surface area (Å²) in [7, 11) is 0. The van der Waals surface area contributed by atoms with Crippen molar-refractivity contribution in [3.8, 4) is 11.4 Å². The molecule has 30 heavy (non-hydrogen) atoms. The molecule has 2 aromatic carbocycles. The van der Waals surface area contributed by atoms with Gasteiger partial charge >= 0.3 is 11.7 Å². The van der Waals surface area contributed by atoms with Crippen LogP contribution in [0, 0.1) is 10.1 Å². The number of rotatable bonds is 6. The van der Waals surface area contributed by atoms with E-state index in [2.05, 4.69) is 10.1 Å². The molecular weight excluding hydrogens is 396 g/mol. The van der Waals surface area contributed by atoms with Gasteiger partial charge in [-0.05, 0) is 31.2 Å². The molecule has 0 N–H and O–H groups in total. The van der Waals surface area contributed by atoms with Crippen LogP contribution in [0.3, 0.4) is 0 Å². The Morgan fingerprint density at radius 1 is 1.23 bits per heavy atom. The van der Waals surface area contributed by atoms with Gasteiger partial charge in [0.15, 0.2) is 12.2 Å². The standard InChI is InChI=1S/C19H14N4O7/c1-11(22-14-4-2-3-5-15(14)29-19(22)25)18(24)28-10-16-20-17(21-30-16)12-6-8-13(9-7-12)23(26)27/h2-9,11H,10H2,1H3. The fourth-order valence-electron chi connectivity index (χ4n) is 2.87. The van der Waals surface area contributed by atoms with Crippen molar-refractivity contribution in [2.45, 2.75) is 19.6 Å². The Balaban J connectivity index is 1.45. The topological polar surface area (TPSA) is 144 Å². The van der Waals surface area contributed by atoms with E-state index in [4.69, 9.17) is 13.7 Å². The van der Waals surface area contributed by atoms with Crippen LogP contribution in [0.15, 0.2) is 62.3 Å². The van der Waals surface area contributed by atoms with Crippen molar-refractivity contribution in [3.05, 3.63) is 75.1 Å². The molecule has 0 radical (unpaired) electrons. The molecule has 152 valence electrons. The number of esters is 1. The second-order valence-electron chi connectivity index (χ2n) is 6.31. The number of nitrogens with zero attached hydrogens (tertiary/aromatic N) is 4. The smallest absolute Gasteiger partial charge is 0.420 e. The first kappa shape index (κ1) is 19.1. The van der Waals surface area contributed by atoms with E-state index >= 15 is 0 Å². The van der Waals surface area contributed by atoms with Crippen molar-refractivity contribution in [2.24, 2.45) is 0 Å². The molecular formula is C19H14N4O7. The highest BCUT2D eigenvalue weighted by atomic mass is 16.6. The molecule has 1 unspecified atom stereocenters. The van der Waals surface area contributed by atoms with Gasteiger partial charge in [0.25, 0.3) is 11.6 Å². The molecule has 1 atom stereocenters. The second kappa shape index (κ2) is 7.62. The number of nitro groups is 1. The Bertz CT molecular complexity index is 1290. The summed E-state index contributed by atoms with van der Waals surface area (Å²) in [5.74, 6) is -1.12. The average Bonchev–Trinajstić information content (AvgIpc) is 3.35. The number of nitro benzene ring substituents is 1. The van der Waals surface area contributed by atoms with E-state index in [0.29, 0.717) is 16.7 Å². The van der Waals surface area contributed by atoms with Gasteiger partial charge in [-0.2, -0.15) is 4.98 Å². The monoisotopic (exact) mass is 410 g/mol. The third-order valence-electron chi connectivity index (χ3n) is 4.39. The predicted molar refractivity (Wildman–Crippen MR) is 101 cm³/mol. The Kier molecular flexibility index (Phi) is 4.84. The molecule has 4 rings (SSSR count). The van der Waals surface area contributed by atoms with Gasteiger partial charge in [0.1, 0.15) is 6.04 Å². The van der Waals surface area contributed by atoms with Crippen LogP contribution in [0.4, 0.5) is 5.69 Å². The molecule has 0 aliphatic heterocycles. The maximum Gasteiger partial charge on any atom is 0.420 e. The fraction of sp³-hybridized carbons (Fsp3) is 0.158. The van der Waals surface area contributed by atoms with Crippen LogP contribution in [0.5, 0.6) is 0 Å². The van der Waals surface area contributed by atoms with Crippen LogP contribution >= 0.6 is 0 Å². The molecule has 2 aromatic heterocycles. The van der Waals surface area contributed by atoms with Gasteiger partial charge in [-0.15, -0.1) is 0 Å². The minimum atomic E-state index is -0.932.